The number of hydrogen-bond acceptors (Lipinski definition) is 4. The summed E-state index contributed by atoms with van der Waals surface area (Å²) >= 11 is 0. The van der Waals surface area contributed by atoms with Crippen molar-refractivity contribution in [2.45, 2.75) is 25.0 Å². The number of methoxy groups -OCH3 is 3. The molecular weight excluding hydrogens is 220 g/mol. The molecule has 1 aliphatic rings. The number of rotatable bonds is 5. The van der Waals surface area contributed by atoms with Crippen LogP contribution in [-0.4, -0.2) is 26.4 Å². The lowest BCUT2D eigenvalue weighted by atomic mass is 10.0. The molecule has 0 aliphatic heterocycles. The van der Waals surface area contributed by atoms with Crippen molar-refractivity contribution in [2.24, 2.45) is 0 Å². The highest BCUT2D eigenvalue weighted by molar-refractivity contribution is 5.51. The zero-order valence-electron chi connectivity index (χ0n) is 10.4. The SMILES string of the molecule is COCc1cc(C2(O)CC2)cc(OC)c1OC. The van der Waals surface area contributed by atoms with E-state index in [2.05, 4.69) is 0 Å². The maximum absolute atomic E-state index is 10.1. The Morgan fingerprint density at radius 1 is 1.18 bits per heavy atom. The van der Waals surface area contributed by atoms with E-state index in [1.54, 1.807) is 21.3 Å². The molecule has 0 bridgehead atoms. The minimum absolute atomic E-state index is 0.434. The summed E-state index contributed by atoms with van der Waals surface area (Å²) in [5.74, 6) is 1.31. The second-order valence-electron chi connectivity index (χ2n) is 4.34. The standard InChI is InChI=1S/C13H18O4/c1-15-8-9-6-10(13(14)4-5-13)7-11(16-2)12(9)17-3/h6-7,14H,4-5,8H2,1-3H3. The van der Waals surface area contributed by atoms with Crippen molar-refractivity contribution >= 4 is 0 Å². The van der Waals surface area contributed by atoms with E-state index in [-0.39, 0.29) is 0 Å². The highest BCUT2D eigenvalue weighted by atomic mass is 16.5. The van der Waals surface area contributed by atoms with Crippen molar-refractivity contribution in [3.8, 4) is 11.5 Å². The smallest absolute Gasteiger partial charge is 0.166 e. The van der Waals surface area contributed by atoms with Gasteiger partial charge in [0.2, 0.25) is 0 Å². The highest BCUT2D eigenvalue weighted by Crippen LogP contribution is 2.48. The Bertz CT molecular complexity index is 410. The minimum atomic E-state index is -0.679. The average molecular weight is 238 g/mol. The van der Waals surface area contributed by atoms with Crippen LogP contribution in [0.5, 0.6) is 11.5 Å². The molecule has 1 N–H and O–H groups in total. The second kappa shape index (κ2) is 4.55. The van der Waals surface area contributed by atoms with Gasteiger partial charge in [0.25, 0.3) is 0 Å². The number of ether oxygens (including phenoxy) is 3. The predicted octanol–water partition coefficient (Wildman–Crippen LogP) is 1.83. The average Bonchev–Trinajstić information content (AvgIpc) is 3.08. The lowest BCUT2D eigenvalue weighted by Gasteiger charge is -2.17. The molecule has 2 rings (SSSR count). The molecule has 0 unspecified atom stereocenters. The Labute approximate surface area is 101 Å². The van der Waals surface area contributed by atoms with Crippen molar-refractivity contribution in [2.75, 3.05) is 21.3 Å². The van der Waals surface area contributed by atoms with E-state index < -0.39 is 5.60 Å². The summed E-state index contributed by atoms with van der Waals surface area (Å²) in [6, 6.07) is 3.77. The van der Waals surface area contributed by atoms with Gasteiger partial charge in [0.05, 0.1) is 26.4 Å². The number of benzene rings is 1. The molecule has 1 aromatic carbocycles. The molecule has 1 aromatic rings. The summed E-state index contributed by atoms with van der Waals surface area (Å²) in [6.07, 6.45) is 1.60. The maximum Gasteiger partial charge on any atom is 0.166 e. The third-order valence-electron chi connectivity index (χ3n) is 3.12. The molecule has 17 heavy (non-hydrogen) atoms. The van der Waals surface area contributed by atoms with E-state index in [0.29, 0.717) is 18.1 Å². The molecule has 0 spiro atoms. The lowest BCUT2D eigenvalue weighted by Crippen LogP contribution is -2.07. The molecule has 94 valence electrons. The molecule has 0 radical (unpaired) electrons. The first kappa shape index (κ1) is 12.2. The van der Waals surface area contributed by atoms with Crippen LogP contribution in [0.1, 0.15) is 24.0 Å². The fraction of sp³-hybridized carbons (Fsp3) is 0.538. The van der Waals surface area contributed by atoms with E-state index in [4.69, 9.17) is 14.2 Å². The highest BCUT2D eigenvalue weighted by Gasteiger charge is 2.43. The van der Waals surface area contributed by atoms with Gasteiger partial charge >= 0.3 is 0 Å². The quantitative estimate of drug-likeness (QED) is 0.850. The fourth-order valence-electron chi connectivity index (χ4n) is 1.98. The molecule has 4 heteroatoms. The summed E-state index contributed by atoms with van der Waals surface area (Å²) in [6.45, 7) is 0.434. The third-order valence-corrected chi connectivity index (χ3v) is 3.12. The Morgan fingerprint density at radius 3 is 2.35 bits per heavy atom. The van der Waals surface area contributed by atoms with Crippen LogP contribution in [0, 0.1) is 0 Å². The van der Waals surface area contributed by atoms with Gasteiger partial charge in [-0.1, -0.05) is 0 Å². The largest absolute Gasteiger partial charge is 0.493 e. The number of aliphatic hydroxyl groups is 1. The Kier molecular flexibility index (Phi) is 3.26. The molecule has 4 nitrogen and oxygen atoms in total. The summed E-state index contributed by atoms with van der Waals surface area (Å²) in [4.78, 5) is 0. The van der Waals surface area contributed by atoms with Gasteiger partial charge < -0.3 is 19.3 Å². The van der Waals surface area contributed by atoms with Gasteiger partial charge in [-0.05, 0) is 30.5 Å². The molecule has 1 fully saturated rings. The van der Waals surface area contributed by atoms with Crippen LogP contribution in [0.25, 0.3) is 0 Å². The third kappa shape index (κ3) is 2.23. The first-order chi connectivity index (χ1) is 8.14. The van der Waals surface area contributed by atoms with Crippen LogP contribution in [0.2, 0.25) is 0 Å². The van der Waals surface area contributed by atoms with Gasteiger partial charge in [0, 0.05) is 12.7 Å². The van der Waals surface area contributed by atoms with E-state index in [9.17, 15) is 5.11 Å². The van der Waals surface area contributed by atoms with Gasteiger partial charge in [-0.25, -0.2) is 0 Å². The monoisotopic (exact) mass is 238 g/mol. The van der Waals surface area contributed by atoms with Gasteiger partial charge in [-0.2, -0.15) is 0 Å². The van der Waals surface area contributed by atoms with Crippen LogP contribution >= 0.6 is 0 Å². The normalized spacial score (nSPS) is 16.7. The summed E-state index contributed by atoms with van der Waals surface area (Å²) in [5, 5.41) is 10.1. The molecule has 0 aromatic heterocycles. The topological polar surface area (TPSA) is 47.9 Å². The molecule has 0 amide bonds. The van der Waals surface area contributed by atoms with Crippen LogP contribution in [0.4, 0.5) is 0 Å². The Balaban J connectivity index is 2.46. The Morgan fingerprint density at radius 2 is 1.88 bits per heavy atom. The number of hydrogen-bond donors (Lipinski definition) is 1. The van der Waals surface area contributed by atoms with Crippen molar-refractivity contribution in [3.63, 3.8) is 0 Å². The molecule has 0 saturated heterocycles. The summed E-state index contributed by atoms with van der Waals surface area (Å²) in [5.41, 5.74) is 1.09. The zero-order chi connectivity index (χ0) is 12.5. The second-order valence-corrected chi connectivity index (χ2v) is 4.34. The summed E-state index contributed by atoms with van der Waals surface area (Å²) < 4.78 is 15.8. The molecule has 1 aliphatic carbocycles. The van der Waals surface area contributed by atoms with E-state index in [1.807, 2.05) is 12.1 Å². The van der Waals surface area contributed by atoms with Crippen molar-refractivity contribution in [1.29, 1.82) is 0 Å². The molecule has 0 heterocycles. The van der Waals surface area contributed by atoms with Crippen LogP contribution in [0.3, 0.4) is 0 Å². The lowest BCUT2D eigenvalue weighted by molar-refractivity contribution is 0.149. The first-order valence-electron chi connectivity index (χ1n) is 5.61. The predicted molar refractivity (Wildman–Crippen MR) is 63.4 cm³/mol. The van der Waals surface area contributed by atoms with Crippen molar-refractivity contribution < 1.29 is 19.3 Å². The minimum Gasteiger partial charge on any atom is -0.493 e. The van der Waals surface area contributed by atoms with Crippen LogP contribution in [-0.2, 0) is 16.9 Å². The fourth-order valence-corrected chi connectivity index (χ4v) is 1.98. The van der Waals surface area contributed by atoms with Crippen molar-refractivity contribution in [3.05, 3.63) is 23.3 Å². The Hall–Kier alpha value is -1.26. The molecular formula is C13H18O4. The van der Waals surface area contributed by atoms with Crippen LogP contribution in [0.15, 0.2) is 12.1 Å². The molecule has 1 saturated carbocycles. The van der Waals surface area contributed by atoms with Gasteiger partial charge in [-0.15, -0.1) is 0 Å². The summed E-state index contributed by atoms with van der Waals surface area (Å²) in [7, 11) is 4.82. The van der Waals surface area contributed by atoms with Crippen LogP contribution < -0.4 is 9.47 Å². The van der Waals surface area contributed by atoms with Crippen molar-refractivity contribution in [1.82, 2.24) is 0 Å². The zero-order valence-corrected chi connectivity index (χ0v) is 10.4. The van der Waals surface area contributed by atoms with E-state index in [0.717, 1.165) is 24.0 Å². The maximum atomic E-state index is 10.1. The van der Waals surface area contributed by atoms with E-state index >= 15 is 0 Å². The van der Waals surface area contributed by atoms with Gasteiger partial charge in [0.15, 0.2) is 11.5 Å². The van der Waals surface area contributed by atoms with E-state index in [1.165, 1.54) is 0 Å². The first-order valence-corrected chi connectivity index (χ1v) is 5.61. The van der Waals surface area contributed by atoms with Gasteiger partial charge in [-0.3, -0.25) is 0 Å². The van der Waals surface area contributed by atoms with Gasteiger partial charge in [0.1, 0.15) is 0 Å². The molecule has 0 atom stereocenters.